The Bertz CT molecular complexity index is 2030. The van der Waals surface area contributed by atoms with Crippen LogP contribution in [0.5, 0.6) is 0 Å². The molecule has 0 fully saturated rings. The van der Waals surface area contributed by atoms with E-state index in [1.807, 2.05) is 49.4 Å². The van der Waals surface area contributed by atoms with Crippen LogP contribution in [-0.2, 0) is 0 Å². The highest BCUT2D eigenvalue weighted by atomic mass is 15.0. The van der Waals surface area contributed by atoms with Crippen molar-refractivity contribution in [3.8, 4) is 17.8 Å². The fourth-order valence-corrected chi connectivity index (χ4v) is 5.30. The van der Waals surface area contributed by atoms with Gasteiger partial charge in [-0.1, -0.05) is 67.3 Å². The highest BCUT2D eigenvalue weighted by Gasteiger charge is 2.21. The fourth-order valence-electron chi connectivity index (χ4n) is 5.30. The third kappa shape index (κ3) is 3.28. The van der Waals surface area contributed by atoms with Gasteiger partial charge in [-0.05, 0) is 49.4 Å². The van der Waals surface area contributed by atoms with Crippen molar-refractivity contribution in [1.29, 1.82) is 10.5 Å². The molecule has 2 heterocycles. The number of benzene rings is 4. The molecule has 0 atom stereocenters. The number of hydrogen-bond acceptors (Lipinski definition) is 2. The number of para-hydroxylation sites is 2. The minimum Gasteiger partial charge on any atom is -0.309 e. The first-order chi connectivity index (χ1) is 18.2. The summed E-state index contributed by atoms with van der Waals surface area (Å²) in [5.41, 5.74) is 6.68. The van der Waals surface area contributed by atoms with Crippen molar-refractivity contribution in [3.63, 3.8) is 0 Å². The number of nitrogens with zero attached hydrogens (tertiary/aromatic N) is 4. The summed E-state index contributed by atoms with van der Waals surface area (Å²) in [6.45, 7) is 6.42. The molecule has 0 aliphatic rings. The first kappa shape index (κ1) is 22.2. The van der Waals surface area contributed by atoms with Crippen molar-refractivity contribution >= 4 is 49.3 Å². The van der Waals surface area contributed by atoms with Crippen molar-refractivity contribution in [2.75, 3.05) is 0 Å². The Morgan fingerprint density at radius 1 is 0.784 bits per heavy atom. The van der Waals surface area contributed by atoms with Gasteiger partial charge in [-0.2, -0.15) is 10.5 Å². The number of fused-ring (bicyclic) bond motifs is 7. The average Bonchev–Trinajstić information content (AvgIpc) is 3.45. The molecule has 6 aromatic rings. The standard InChI is InChI=1S/C33H22N4/c1-3-4-5-10-22(2)36-28-13-8-6-11-25(28)26-17-18-30-32(33(26)36)27-12-7-9-14-29(27)37(30)31-19-23(20-34)15-16-24(31)21-35/h3-19H,2H2,1H3/b4-3-,10-5-. The maximum absolute atomic E-state index is 9.94. The zero-order valence-corrected chi connectivity index (χ0v) is 20.3. The Morgan fingerprint density at radius 2 is 1.54 bits per heavy atom. The van der Waals surface area contributed by atoms with Gasteiger partial charge in [-0.25, -0.2) is 0 Å². The largest absolute Gasteiger partial charge is 0.309 e. The normalized spacial score (nSPS) is 11.8. The van der Waals surface area contributed by atoms with Crippen molar-refractivity contribution < 1.29 is 0 Å². The van der Waals surface area contributed by atoms with E-state index in [2.05, 4.69) is 70.3 Å². The lowest BCUT2D eigenvalue weighted by Crippen LogP contribution is -1.98. The smallest absolute Gasteiger partial charge is 0.101 e. The molecule has 174 valence electrons. The number of hydrogen-bond donors (Lipinski definition) is 0. The minimum absolute atomic E-state index is 0.512. The quantitative estimate of drug-likeness (QED) is 0.242. The second kappa shape index (κ2) is 8.72. The average molecular weight is 475 g/mol. The summed E-state index contributed by atoms with van der Waals surface area (Å²) in [6, 6.07) is 30.6. The van der Waals surface area contributed by atoms with Crippen LogP contribution in [-0.4, -0.2) is 9.13 Å². The van der Waals surface area contributed by atoms with E-state index in [-0.39, 0.29) is 0 Å². The van der Waals surface area contributed by atoms with E-state index < -0.39 is 0 Å². The van der Waals surface area contributed by atoms with Gasteiger partial charge in [0.2, 0.25) is 0 Å². The third-order valence-electron chi connectivity index (χ3n) is 6.84. The molecule has 0 aliphatic heterocycles. The first-order valence-electron chi connectivity index (χ1n) is 12.1. The lowest BCUT2D eigenvalue weighted by atomic mass is 10.1. The van der Waals surface area contributed by atoms with Gasteiger partial charge in [-0.3, -0.25) is 0 Å². The third-order valence-corrected chi connectivity index (χ3v) is 6.84. The summed E-state index contributed by atoms with van der Waals surface area (Å²) in [4.78, 5) is 0. The molecule has 0 aliphatic carbocycles. The second-order valence-corrected chi connectivity index (χ2v) is 8.89. The van der Waals surface area contributed by atoms with Gasteiger partial charge in [0.1, 0.15) is 6.07 Å². The van der Waals surface area contributed by atoms with Gasteiger partial charge >= 0.3 is 0 Å². The van der Waals surface area contributed by atoms with Crippen LogP contribution in [0.1, 0.15) is 18.1 Å². The van der Waals surface area contributed by atoms with Gasteiger partial charge in [0, 0.05) is 27.2 Å². The summed E-state index contributed by atoms with van der Waals surface area (Å²) in [5.74, 6) is 0. The molecule has 0 saturated heterocycles. The summed E-state index contributed by atoms with van der Waals surface area (Å²) < 4.78 is 4.32. The number of rotatable bonds is 4. The Kier molecular flexibility index (Phi) is 5.22. The Balaban J connectivity index is 1.84. The molecule has 0 amide bonds. The van der Waals surface area contributed by atoms with E-state index in [0.29, 0.717) is 16.8 Å². The van der Waals surface area contributed by atoms with Gasteiger partial charge < -0.3 is 9.13 Å². The molecule has 4 nitrogen and oxygen atoms in total. The van der Waals surface area contributed by atoms with Crippen molar-refractivity contribution in [1.82, 2.24) is 9.13 Å². The van der Waals surface area contributed by atoms with Gasteiger partial charge in [-0.15, -0.1) is 0 Å². The Labute approximate surface area is 214 Å². The van der Waals surface area contributed by atoms with E-state index in [0.717, 1.165) is 49.3 Å². The van der Waals surface area contributed by atoms with Crippen molar-refractivity contribution in [2.45, 2.75) is 6.92 Å². The minimum atomic E-state index is 0.512. The zero-order valence-electron chi connectivity index (χ0n) is 20.3. The number of allylic oxidation sites excluding steroid dienone is 5. The molecule has 37 heavy (non-hydrogen) atoms. The Morgan fingerprint density at radius 3 is 2.30 bits per heavy atom. The fraction of sp³-hybridized carbons (Fsp3) is 0.0303. The van der Waals surface area contributed by atoms with E-state index in [4.69, 9.17) is 0 Å². The molecule has 6 rings (SSSR count). The summed E-state index contributed by atoms with van der Waals surface area (Å²) in [7, 11) is 0. The topological polar surface area (TPSA) is 57.4 Å². The molecule has 0 unspecified atom stereocenters. The molecule has 0 spiro atoms. The van der Waals surface area contributed by atoms with Crippen LogP contribution >= 0.6 is 0 Å². The van der Waals surface area contributed by atoms with Crippen LogP contribution in [0.2, 0.25) is 0 Å². The maximum atomic E-state index is 9.94. The predicted molar refractivity (Wildman–Crippen MR) is 152 cm³/mol. The van der Waals surface area contributed by atoms with Crippen LogP contribution in [0.25, 0.3) is 55.0 Å². The van der Waals surface area contributed by atoms with Gasteiger partial charge in [0.25, 0.3) is 0 Å². The Hall–Kier alpha value is -5.32. The molecular formula is C33H22N4. The van der Waals surface area contributed by atoms with E-state index in [1.165, 1.54) is 0 Å². The summed E-state index contributed by atoms with van der Waals surface area (Å²) in [5, 5.41) is 24.0. The number of nitriles is 2. The van der Waals surface area contributed by atoms with E-state index in [1.54, 1.807) is 18.2 Å². The van der Waals surface area contributed by atoms with Crippen LogP contribution in [0.15, 0.2) is 110 Å². The maximum Gasteiger partial charge on any atom is 0.101 e. The monoisotopic (exact) mass is 474 g/mol. The van der Waals surface area contributed by atoms with Crippen LogP contribution in [0, 0.1) is 22.7 Å². The summed E-state index contributed by atoms with van der Waals surface area (Å²) >= 11 is 0. The highest BCUT2D eigenvalue weighted by molar-refractivity contribution is 6.26. The molecule has 2 aromatic heterocycles. The first-order valence-corrected chi connectivity index (χ1v) is 12.1. The lowest BCUT2D eigenvalue weighted by molar-refractivity contribution is 1.16. The second-order valence-electron chi connectivity index (χ2n) is 8.89. The SMILES string of the molecule is C=C(/C=C\C=C/C)n1c2ccccc2c2ccc3c(c4ccccc4n3-c3cc(C#N)ccc3C#N)c21. The van der Waals surface area contributed by atoms with Crippen LogP contribution in [0.3, 0.4) is 0 Å². The highest BCUT2D eigenvalue weighted by Crippen LogP contribution is 2.42. The molecular weight excluding hydrogens is 452 g/mol. The van der Waals surface area contributed by atoms with Crippen molar-refractivity contribution in [2.24, 2.45) is 0 Å². The van der Waals surface area contributed by atoms with E-state index >= 15 is 0 Å². The summed E-state index contributed by atoms with van der Waals surface area (Å²) in [6.07, 6.45) is 8.00. The van der Waals surface area contributed by atoms with Crippen molar-refractivity contribution in [3.05, 3.63) is 121 Å². The van der Waals surface area contributed by atoms with Crippen LogP contribution in [0.4, 0.5) is 0 Å². The lowest BCUT2D eigenvalue weighted by Gasteiger charge is -2.11. The van der Waals surface area contributed by atoms with Crippen LogP contribution < -0.4 is 0 Å². The molecule has 0 saturated carbocycles. The zero-order chi connectivity index (χ0) is 25.5. The molecule has 0 bridgehead atoms. The molecule has 4 heteroatoms. The van der Waals surface area contributed by atoms with E-state index in [9.17, 15) is 10.5 Å². The molecule has 0 N–H and O–H groups in total. The predicted octanol–water partition coefficient (Wildman–Crippen LogP) is 8.24. The molecule has 0 radical (unpaired) electrons. The van der Waals surface area contributed by atoms with Gasteiger partial charge in [0.15, 0.2) is 0 Å². The molecule has 4 aromatic carbocycles. The van der Waals surface area contributed by atoms with Gasteiger partial charge in [0.05, 0.1) is 45.0 Å². The number of aromatic nitrogens is 2.